The molecule has 0 saturated heterocycles. The highest BCUT2D eigenvalue weighted by atomic mass is 35.5. The van der Waals surface area contributed by atoms with E-state index >= 15 is 0 Å². The summed E-state index contributed by atoms with van der Waals surface area (Å²) in [5.41, 5.74) is 0.926. The van der Waals surface area contributed by atoms with Gasteiger partial charge in [-0.3, -0.25) is 0 Å². The van der Waals surface area contributed by atoms with Crippen LogP contribution >= 0.6 is 11.6 Å². The van der Waals surface area contributed by atoms with Gasteiger partial charge in [-0.1, -0.05) is 35.9 Å². The first-order chi connectivity index (χ1) is 10.5. The molecule has 0 amide bonds. The quantitative estimate of drug-likeness (QED) is 0.851. The molecule has 22 heavy (non-hydrogen) atoms. The summed E-state index contributed by atoms with van der Waals surface area (Å²) >= 11 is 5.91. The Labute approximate surface area is 133 Å². The number of carbonyl (C=O) groups is 2. The molecule has 4 nitrogen and oxygen atoms in total. The molecular formula is C17H15ClO4. The lowest BCUT2D eigenvalue weighted by Crippen LogP contribution is -2.19. The minimum atomic E-state index is -1.16. The van der Waals surface area contributed by atoms with Gasteiger partial charge in [0.15, 0.2) is 0 Å². The number of hydrogen-bond acceptors (Lipinski definition) is 3. The number of ether oxygens (including phenoxy) is 1. The highest BCUT2D eigenvalue weighted by molar-refractivity contribution is 6.30. The van der Waals surface area contributed by atoms with E-state index in [9.17, 15) is 9.59 Å². The zero-order valence-electron chi connectivity index (χ0n) is 12.0. The first-order valence-corrected chi connectivity index (χ1v) is 7.13. The standard InChI is InChI=1S/C17H15ClO4/c1-11(9-12-5-4-6-13(18)10-12)22-17(21)15-8-3-2-7-14(15)16(19)20/h2-8,10-11H,9H2,1H3,(H,19,20)/t11-/m1/s1. The first-order valence-electron chi connectivity index (χ1n) is 6.75. The summed E-state index contributed by atoms with van der Waals surface area (Å²) in [5.74, 6) is -1.80. The van der Waals surface area contributed by atoms with Crippen LogP contribution in [0.4, 0.5) is 0 Å². The van der Waals surface area contributed by atoms with Crippen molar-refractivity contribution < 1.29 is 19.4 Å². The predicted molar refractivity (Wildman–Crippen MR) is 83.4 cm³/mol. The molecule has 0 saturated carbocycles. The van der Waals surface area contributed by atoms with E-state index in [-0.39, 0.29) is 11.1 Å². The summed E-state index contributed by atoms with van der Waals surface area (Å²) < 4.78 is 5.33. The second kappa shape index (κ2) is 7.09. The van der Waals surface area contributed by atoms with Crippen molar-refractivity contribution in [3.8, 4) is 0 Å². The molecule has 114 valence electrons. The van der Waals surface area contributed by atoms with Crippen LogP contribution in [0.1, 0.15) is 33.2 Å². The second-order valence-electron chi connectivity index (χ2n) is 4.90. The fourth-order valence-corrected chi connectivity index (χ4v) is 2.34. The van der Waals surface area contributed by atoms with Crippen LogP contribution in [0.2, 0.25) is 5.02 Å². The van der Waals surface area contributed by atoms with E-state index in [1.165, 1.54) is 12.1 Å². The Bertz CT molecular complexity index is 697. The van der Waals surface area contributed by atoms with Crippen molar-refractivity contribution in [2.24, 2.45) is 0 Å². The molecule has 2 aromatic rings. The lowest BCUT2D eigenvalue weighted by atomic mass is 10.1. The van der Waals surface area contributed by atoms with Gasteiger partial charge >= 0.3 is 11.9 Å². The summed E-state index contributed by atoms with van der Waals surface area (Å²) in [5, 5.41) is 9.71. The Kier molecular flexibility index (Phi) is 5.17. The Hall–Kier alpha value is -2.33. The molecule has 0 aliphatic rings. The predicted octanol–water partition coefficient (Wildman–Crippen LogP) is 3.83. The summed E-state index contributed by atoms with van der Waals surface area (Å²) in [7, 11) is 0. The number of rotatable bonds is 5. The number of carbonyl (C=O) groups excluding carboxylic acids is 1. The van der Waals surface area contributed by atoms with Gasteiger partial charge in [0.2, 0.25) is 0 Å². The third-order valence-corrected chi connectivity index (χ3v) is 3.33. The van der Waals surface area contributed by atoms with Crippen LogP contribution in [0.25, 0.3) is 0 Å². The zero-order valence-corrected chi connectivity index (χ0v) is 12.7. The van der Waals surface area contributed by atoms with Crippen LogP contribution in [0.3, 0.4) is 0 Å². The van der Waals surface area contributed by atoms with Crippen molar-refractivity contribution in [1.29, 1.82) is 0 Å². The molecular weight excluding hydrogens is 304 g/mol. The van der Waals surface area contributed by atoms with Gasteiger partial charge in [0.1, 0.15) is 6.10 Å². The molecule has 5 heteroatoms. The molecule has 0 aliphatic heterocycles. The monoisotopic (exact) mass is 318 g/mol. The van der Waals surface area contributed by atoms with Gasteiger partial charge in [-0.05, 0) is 36.8 Å². The Morgan fingerprint density at radius 1 is 1.14 bits per heavy atom. The normalized spacial score (nSPS) is 11.7. The first kappa shape index (κ1) is 16.0. The van der Waals surface area contributed by atoms with Crippen LogP contribution < -0.4 is 0 Å². The fraction of sp³-hybridized carbons (Fsp3) is 0.176. The van der Waals surface area contributed by atoms with E-state index in [1.54, 1.807) is 31.2 Å². The summed E-state index contributed by atoms with van der Waals surface area (Å²) in [4.78, 5) is 23.2. The van der Waals surface area contributed by atoms with Gasteiger partial charge in [0, 0.05) is 11.4 Å². The lowest BCUT2D eigenvalue weighted by molar-refractivity contribution is 0.0336. The number of carboxylic acid groups (broad SMARTS) is 1. The third-order valence-electron chi connectivity index (χ3n) is 3.10. The molecule has 0 fully saturated rings. The van der Waals surface area contributed by atoms with E-state index in [4.69, 9.17) is 21.4 Å². The molecule has 0 aromatic heterocycles. The van der Waals surface area contributed by atoms with Crippen molar-refractivity contribution in [3.05, 3.63) is 70.2 Å². The highest BCUT2D eigenvalue weighted by Crippen LogP contribution is 2.15. The number of aromatic carboxylic acids is 1. The van der Waals surface area contributed by atoms with Crippen molar-refractivity contribution >= 4 is 23.5 Å². The molecule has 2 rings (SSSR count). The molecule has 0 bridgehead atoms. The van der Waals surface area contributed by atoms with Gasteiger partial charge in [0.05, 0.1) is 11.1 Å². The molecule has 1 N–H and O–H groups in total. The number of halogens is 1. The number of hydrogen-bond donors (Lipinski definition) is 1. The van der Waals surface area contributed by atoms with Crippen LogP contribution in [0.5, 0.6) is 0 Å². The van der Waals surface area contributed by atoms with Crippen molar-refractivity contribution in [2.45, 2.75) is 19.4 Å². The second-order valence-corrected chi connectivity index (χ2v) is 5.34. The van der Waals surface area contributed by atoms with Gasteiger partial charge in [-0.25, -0.2) is 9.59 Å². The molecule has 2 aromatic carbocycles. The van der Waals surface area contributed by atoms with E-state index in [1.807, 2.05) is 12.1 Å². The average Bonchev–Trinajstić information content (AvgIpc) is 2.47. The lowest BCUT2D eigenvalue weighted by Gasteiger charge is -2.14. The van der Waals surface area contributed by atoms with Crippen molar-refractivity contribution in [1.82, 2.24) is 0 Å². The van der Waals surface area contributed by atoms with Crippen LogP contribution in [0, 0.1) is 0 Å². The third kappa shape index (κ3) is 4.09. The topological polar surface area (TPSA) is 63.6 Å². The maximum absolute atomic E-state index is 12.1. The SMILES string of the molecule is C[C@H](Cc1cccc(Cl)c1)OC(=O)c1ccccc1C(=O)O. The highest BCUT2D eigenvalue weighted by Gasteiger charge is 2.19. The molecule has 0 unspecified atom stereocenters. The van der Waals surface area contributed by atoms with Crippen LogP contribution in [-0.4, -0.2) is 23.1 Å². The van der Waals surface area contributed by atoms with E-state index in [0.29, 0.717) is 11.4 Å². The van der Waals surface area contributed by atoms with Crippen LogP contribution in [0.15, 0.2) is 48.5 Å². The van der Waals surface area contributed by atoms with E-state index in [2.05, 4.69) is 0 Å². The molecule has 0 aliphatic carbocycles. The number of benzene rings is 2. The maximum atomic E-state index is 12.1. The fourth-order valence-electron chi connectivity index (χ4n) is 2.13. The van der Waals surface area contributed by atoms with Crippen molar-refractivity contribution in [2.75, 3.05) is 0 Å². The smallest absolute Gasteiger partial charge is 0.339 e. The maximum Gasteiger partial charge on any atom is 0.339 e. The summed E-state index contributed by atoms with van der Waals surface area (Å²) in [6, 6.07) is 13.3. The minimum absolute atomic E-state index is 0.0490. The largest absolute Gasteiger partial charge is 0.478 e. The molecule has 0 heterocycles. The minimum Gasteiger partial charge on any atom is -0.478 e. The van der Waals surface area contributed by atoms with Gasteiger partial charge < -0.3 is 9.84 Å². The average molecular weight is 319 g/mol. The Morgan fingerprint density at radius 2 is 1.82 bits per heavy atom. The zero-order chi connectivity index (χ0) is 16.1. The van der Waals surface area contributed by atoms with E-state index < -0.39 is 18.0 Å². The molecule has 0 radical (unpaired) electrons. The summed E-state index contributed by atoms with van der Waals surface area (Å²) in [6.07, 6.45) is 0.106. The van der Waals surface area contributed by atoms with E-state index in [0.717, 1.165) is 5.56 Å². The summed E-state index contributed by atoms with van der Waals surface area (Å²) in [6.45, 7) is 1.75. The Morgan fingerprint density at radius 3 is 2.45 bits per heavy atom. The van der Waals surface area contributed by atoms with Gasteiger partial charge in [-0.15, -0.1) is 0 Å². The van der Waals surface area contributed by atoms with Crippen LogP contribution in [-0.2, 0) is 11.2 Å². The van der Waals surface area contributed by atoms with Crippen molar-refractivity contribution in [3.63, 3.8) is 0 Å². The number of esters is 1. The van der Waals surface area contributed by atoms with Gasteiger partial charge in [0.25, 0.3) is 0 Å². The molecule has 0 spiro atoms. The molecule has 1 atom stereocenters. The van der Waals surface area contributed by atoms with Gasteiger partial charge in [-0.2, -0.15) is 0 Å². The Balaban J connectivity index is 2.07. The number of carboxylic acids is 1.